The lowest BCUT2D eigenvalue weighted by molar-refractivity contribution is -0.184. The molecule has 0 spiro atoms. The van der Waals surface area contributed by atoms with Crippen LogP contribution in [-0.4, -0.2) is 38.2 Å². The second kappa shape index (κ2) is 8.88. The van der Waals surface area contributed by atoms with Crippen molar-refractivity contribution in [2.45, 2.75) is 51.1 Å². The number of ether oxygens (including phenoxy) is 4. The van der Waals surface area contributed by atoms with Gasteiger partial charge in [0.15, 0.2) is 0 Å². The molecule has 0 unspecified atom stereocenters. The number of esters is 1. The van der Waals surface area contributed by atoms with Crippen LogP contribution >= 0.6 is 0 Å². The van der Waals surface area contributed by atoms with E-state index in [1.54, 1.807) is 0 Å². The molecule has 1 aromatic carbocycles. The molecule has 0 N–H and O–H groups in total. The second-order valence-electron chi connectivity index (χ2n) is 5.50. The van der Waals surface area contributed by atoms with Crippen LogP contribution in [0.2, 0.25) is 0 Å². The summed E-state index contributed by atoms with van der Waals surface area (Å²) in [6.45, 7) is 2.70. The number of benzene rings is 1. The molecule has 1 saturated heterocycles. The predicted octanol–water partition coefficient (Wildman–Crippen LogP) is 2.68. The zero-order valence-corrected chi connectivity index (χ0v) is 13.2. The first kappa shape index (κ1) is 16.9. The fraction of sp³-hybridized carbons (Fsp3) is 0.588. The molecule has 2 rings (SSSR count). The molecule has 5 nitrogen and oxygen atoms in total. The molecule has 1 aliphatic rings. The number of methoxy groups -OCH3 is 1. The van der Waals surface area contributed by atoms with E-state index < -0.39 is 0 Å². The van der Waals surface area contributed by atoms with Crippen LogP contribution < -0.4 is 0 Å². The van der Waals surface area contributed by atoms with Gasteiger partial charge in [-0.3, -0.25) is 4.79 Å². The van der Waals surface area contributed by atoms with Crippen LogP contribution in [0.15, 0.2) is 30.3 Å². The van der Waals surface area contributed by atoms with Crippen molar-refractivity contribution in [1.82, 2.24) is 0 Å². The quantitative estimate of drug-likeness (QED) is 0.440. The van der Waals surface area contributed by atoms with E-state index in [4.69, 9.17) is 18.9 Å². The number of hydrogen-bond donors (Lipinski definition) is 0. The molecule has 0 aromatic heterocycles. The molecular formula is C17H24O5. The van der Waals surface area contributed by atoms with Crippen LogP contribution in [-0.2, 0) is 30.3 Å². The molecule has 22 heavy (non-hydrogen) atoms. The minimum absolute atomic E-state index is 0.133. The largest absolute Gasteiger partial charge is 0.469 e. The zero-order valence-electron chi connectivity index (χ0n) is 13.2. The smallest absolute Gasteiger partial charge is 0.308 e. The topological polar surface area (TPSA) is 54.0 Å². The third-order valence-electron chi connectivity index (χ3n) is 3.75. The Morgan fingerprint density at radius 2 is 2.05 bits per heavy atom. The lowest BCUT2D eigenvalue weighted by Gasteiger charge is -2.34. The molecule has 3 atom stereocenters. The van der Waals surface area contributed by atoms with Crippen molar-refractivity contribution < 1.29 is 23.7 Å². The molecular weight excluding hydrogens is 284 g/mol. The van der Waals surface area contributed by atoms with Crippen molar-refractivity contribution in [2.75, 3.05) is 13.9 Å². The third kappa shape index (κ3) is 5.40. The fourth-order valence-electron chi connectivity index (χ4n) is 2.53. The Hall–Kier alpha value is -1.43. The van der Waals surface area contributed by atoms with Gasteiger partial charge in [-0.1, -0.05) is 30.3 Å². The van der Waals surface area contributed by atoms with Gasteiger partial charge in [0, 0.05) is 0 Å². The predicted molar refractivity (Wildman–Crippen MR) is 81.2 cm³/mol. The van der Waals surface area contributed by atoms with Gasteiger partial charge in [-0.05, 0) is 25.3 Å². The van der Waals surface area contributed by atoms with Gasteiger partial charge in [0.05, 0.1) is 38.4 Å². The minimum Gasteiger partial charge on any atom is -0.469 e. The van der Waals surface area contributed by atoms with Crippen LogP contribution in [0.1, 0.15) is 31.7 Å². The minimum atomic E-state index is -0.280. The van der Waals surface area contributed by atoms with Gasteiger partial charge < -0.3 is 18.9 Å². The zero-order chi connectivity index (χ0) is 15.8. The van der Waals surface area contributed by atoms with E-state index in [0.29, 0.717) is 6.61 Å². The monoisotopic (exact) mass is 308 g/mol. The van der Waals surface area contributed by atoms with Gasteiger partial charge in [0.1, 0.15) is 6.79 Å². The highest BCUT2D eigenvalue weighted by Gasteiger charge is 2.32. The maximum Gasteiger partial charge on any atom is 0.308 e. The maximum atomic E-state index is 11.5. The van der Waals surface area contributed by atoms with Crippen molar-refractivity contribution in [1.29, 1.82) is 0 Å². The lowest BCUT2D eigenvalue weighted by atomic mass is 9.99. The number of carbonyl (C=O) groups is 1. The fourth-order valence-corrected chi connectivity index (χ4v) is 2.53. The Balaban J connectivity index is 1.75. The van der Waals surface area contributed by atoms with E-state index in [1.807, 2.05) is 37.3 Å². The number of carbonyl (C=O) groups excluding carboxylic acids is 1. The van der Waals surface area contributed by atoms with Crippen molar-refractivity contribution in [3.8, 4) is 0 Å². The van der Waals surface area contributed by atoms with Crippen LogP contribution in [0.3, 0.4) is 0 Å². The van der Waals surface area contributed by atoms with Gasteiger partial charge in [0.25, 0.3) is 0 Å². The van der Waals surface area contributed by atoms with Crippen molar-refractivity contribution in [3.05, 3.63) is 35.9 Å². The van der Waals surface area contributed by atoms with Gasteiger partial charge in [-0.15, -0.1) is 0 Å². The van der Waals surface area contributed by atoms with Crippen LogP contribution in [0.4, 0.5) is 0 Å². The molecule has 0 aliphatic carbocycles. The van der Waals surface area contributed by atoms with E-state index in [-0.39, 0.29) is 37.5 Å². The Labute approximate surface area is 131 Å². The highest BCUT2D eigenvalue weighted by atomic mass is 16.7. The summed E-state index contributed by atoms with van der Waals surface area (Å²) in [6, 6.07) is 9.93. The second-order valence-corrected chi connectivity index (χ2v) is 5.50. The molecule has 1 aromatic rings. The van der Waals surface area contributed by atoms with Crippen molar-refractivity contribution in [2.24, 2.45) is 0 Å². The summed E-state index contributed by atoms with van der Waals surface area (Å²) in [7, 11) is 1.38. The highest BCUT2D eigenvalue weighted by Crippen LogP contribution is 2.24. The van der Waals surface area contributed by atoms with Crippen molar-refractivity contribution >= 4 is 5.97 Å². The SMILES string of the molecule is COC(=O)C[C@H]1O[C@H](C)CC[C@@H]1OCOCc1ccccc1. The van der Waals surface area contributed by atoms with E-state index in [2.05, 4.69) is 0 Å². The number of hydrogen-bond acceptors (Lipinski definition) is 5. The summed E-state index contributed by atoms with van der Waals surface area (Å²) in [5.41, 5.74) is 1.10. The third-order valence-corrected chi connectivity index (χ3v) is 3.75. The van der Waals surface area contributed by atoms with Gasteiger partial charge in [-0.25, -0.2) is 0 Å². The van der Waals surface area contributed by atoms with Crippen LogP contribution in [0.25, 0.3) is 0 Å². The molecule has 1 fully saturated rings. The summed E-state index contributed by atoms with van der Waals surface area (Å²) < 4.78 is 21.8. The Morgan fingerprint density at radius 1 is 1.27 bits per heavy atom. The summed E-state index contributed by atoms with van der Waals surface area (Å²) in [5, 5.41) is 0. The molecule has 0 saturated carbocycles. The van der Waals surface area contributed by atoms with Gasteiger partial charge in [-0.2, -0.15) is 0 Å². The summed E-state index contributed by atoms with van der Waals surface area (Å²) in [5.74, 6) is -0.280. The number of rotatable bonds is 7. The molecule has 0 radical (unpaired) electrons. The molecule has 1 aliphatic heterocycles. The molecule has 0 amide bonds. The molecule has 1 heterocycles. The Bertz CT molecular complexity index is 448. The first-order chi connectivity index (χ1) is 10.7. The van der Waals surface area contributed by atoms with Crippen molar-refractivity contribution in [3.63, 3.8) is 0 Å². The van der Waals surface area contributed by atoms with E-state index in [1.165, 1.54) is 7.11 Å². The molecule has 122 valence electrons. The first-order valence-corrected chi connectivity index (χ1v) is 7.64. The van der Waals surface area contributed by atoms with E-state index >= 15 is 0 Å². The molecule has 5 heteroatoms. The molecule has 0 bridgehead atoms. The van der Waals surface area contributed by atoms with Gasteiger partial charge >= 0.3 is 5.97 Å². The summed E-state index contributed by atoms with van der Waals surface area (Å²) in [4.78, 5) is 11.5. The average Bonchev–Trinajstić information content (AvgIpc) is 2.54. The standard InChI is InChI=1S/C17H24O5/c1-13-8-9-15(16(22-13)10-17(18)19-2)21-12-20-11-14-6-4-3-5-7-14/h3-7,13,15-16H,8-12H2,1-2H3/t13-,15+,16-/m1/s1. The highest BCUT2D eigenvalue weighted by molar-refractivity contribution is 5.69. The van der Waals surface area contributed by atoms with Crippen LogP contribution in [0.5, 0.6) is 0 Å². The lowest BCUT2D eigenvalue weighted by Crippen LogP contribution is -2.41. The summed E-state index contributed by atoms with van der Waals surface area (Å²) >= 11 is 0. The first-order valence-electron chi connectivity index (χ1n) is 7.64. The summed E-state index contributed by atoms with van der Waals surface area (Å²) in [6.07, 6.45) is 1.73. The van der Waals surface area contributed by atoms with E-state index in [0.717, 1.165) is 18.4 Å². The maximum absolute atomic E-state index is 11.5. The Morgan fingerprint density at radius 3 is 2.77 bits per heavy atom. The Kier molecular flexibility index (Phi) is 6.83. The van der Waals surface area contributed by atoms with E-state index in [9.17, 15) is 4.79 Å². The average molecular weight is 308 g/mol. The van der Waals surface area contributed by atoms with Gasteiger partial charge in [0.2, 0.25) is 0 Å². The van der Waals surface area contributed by atoms with Crippen LogP contribution in [0, 0.1) is 0 Å². The normalized spacial score (nSPS) is 24.9.